The maximum absolute atomic E-state index is 13.4. The van der Waals surface area contributed by atoms with Crippen LogP contribution in [0.15, 0.2) is 54.6 Å². The second-order valence-electron chi connectivity index (χ2n) is 7.81. The lowest BCUT2D eigenvalue weighted by Crippen LogP contribution is -2.03. The molecule has 0 heterocycles. The third-order valence-corrected chi connectivity index (χ3v) is 6.98. The molecule has 0 aliphatic heterocycles. The zero-order chi connectivity index (χ0) is 25.3. The molecule has 9 nitrogen and oxygen atoms in total. The van der Waals surface area contributed by atoms with Gasteiger partial charge in [0.15, 0.2) is 0 Å². The highest BCUT2D eigenvalue weighted by atomic mass is 31.2. The van der Waals surface area contributed by atoms with E-state index < -0.39 is 13.7 Å². The van der Waals surface area contributed by atoms with Gasteiger partial charge in [0.2, 0.25) is 0 Å². The van der Waals surface area contributed by atoms with E-state index in [4.69, 9.17) is 13.6 Å². The van der Waals surface area contributed by atoms with Crippen molar-refractivity contribution < 1.29 is 43.7 Å². The summed E-state index contributed by atoms with van der Waals surface area (Å²) in [6.07, 6.45) is 0. The number of phenolic OH excluding ortho intramolecular Hbond substituents is 5. The van der Waals surface area contributed by atoms with E-state index in [9.17, 15) is 30.1 Å². The zero-order valence-electron chi connectivity index (χ0n) is 19.0. The Morgan fingerprint density at radius 1 is 0.771 bits per heavy atom. The Bertz CT molecular complexity index is 1300. The van der Waals surface area contributed by atoms with Crippen molar-refractivity contribution in [3.05, 3.63) is 76.9 Å². The number of hydrogen-bond donors (Lipinski definition) is 5. The molecule has 1 unspecified atom stereocenters. The van der Waals surface area contributed by atoms with E-state index in [0.717, 1.165) is 12.1 Å². The average molecular weight is 500 g/mol. The van der Waals surface area contributed by atoms with Crippen LogP contribution in [0.4, 0.5) is 0 Å². The molecule has 184 valence electrons. The first-order chi connectivity index (χ1) is 16.7. The van der Waals surface area contributed by atoms with Gasteiger partial charge < -0.3 is 30.1 Å². The normalized spacial score (nSPS) is 15.3. The summed E-state index contributed by atoms with van der Waals surface area (Å²) in [5, 5.41) is 51.3. The molecular weight excluding hydrogens is 475 g/mol. The highest BCUT2D eigenvalue weighted by Gasteiger charge is 2.41. The molecule has 0 bridgehead atoms. The van der Waals surface area contributed by atoms with Crippen LogP contribution in [0.1, 0.15) is 42.0 Å². The molecule has 0 saturated carbocycles. The monoisotopic (exact) mass is 500 g/mol. The van der Waals surface area contributed by atoms with E-state index in [-0.39, 0.29) is 53.3 Å². The molecule has 0 amide bonds. The molecule has 1 aliphatic carbocycles. The fourth-order valence-electron chi connectivity index (χ4n) is 4.20. The summed E-state index contributed by atoms with van der Waals surface area (Å²) in [6, 6.07) is 12.6. The highest BCUT2D eigenvalue weighted by Crippen LogP contribution is 2.61. The van der Waals surface area contributed by atoms with Gasteiger partial charge >= 0.3 is 7.82 Å². The molecule has 4 rings (SSSR count). The number of benzene rings is 3. The van der Waals surface area contributed by atoms with Gasteiger partial charge in [-0.2, -0.15) is 0 Å². The first kappa shape index (κ1) is 24.5. The van der Waals surface area contributed by atoms with Crippen LogP contribution in [0.25, 0.3) is 11.3 Å². The molecule has 10 heteroatoms. The molecular formula is C25H25O9P. The van der Waals surface area contributed by atoms with Crippen LogP contribution in [0, 0.1) is 0 Å². The number of rotatable bonds is 8. The molecule has 0 saturated heterocycles. The van der Waals surface area contributed by atoms with Gasteiger partial charge in [-0.05, 0) is 55.3 Å². The Hall–Kier alpha value is -3.65. The lowest BCUT2D eigenvalue weighted by atomic mass is 9.84. The summed E-state index contributed by atoms with van der Waals surface area (Å²) < 4.78 is 29.9. The minimum atomic E-state index is -4.15. The molecule has 3 aromatic rings. The number of phosphoric ester groups is 1. The molecule has 0 aromatic heterocycles. The second kappa shape index (κ2) is 9.54. The van der Waals surface area contributed by atoms with E-state index >= 15 is 0 Å². The predicted octanol–water partition coefficient (Wildman–Crippen LogP) is 5.43. The first-order valence-corrected chi connectivity index (χ1v) is 12.3. The summed E-state index contributed by atoms with van der Waals surface area (Å²) in [5.41, 5.74) is 1.76. The van der Waals surface area contributed by atoms with Gasteiger partial charge in [-0.15, -0.1) is 0 Å². The number of phosphoric acid groups is 1. The standard InChI is InChI=1S/C25H25O9P/c1-3-32-35(31,33-4-2)34-25-20-12-19(29)13-21(30)24(20)22(14-5-7-16(26)8-6-14)23(25)15-9-17(27)11-18(28)10-15/h5-13,22,26-30H,3-4H2,1-2H3. The minimum Gasteiger partial charge on any atom is -0.508 e. The van der Waals surface area contributed by atoms with Crippen LogP contribution in [-0.4, -0.2) is 38.7 Å². The fourth-order valence-corrected chi connectivity index (χ4v) is 5.43. The van der Waals surface area contributed by atoms with E-state index in [0.29, 0.717) is 22.3 Å². The van der Waals surface area contributed by atoms with Crippen LogP contribution < -0.4 is 0 Å². The lowest BCUT2D eigenvalue weighted by molar-refractivity contribution is 0.159. The molecule has 3 aromatic carbocycles. The van der Waals surface area contributed by atoms with Crippen LogP contribution >= 0.6 is 7.82 Å². The van der Waals surface area contributed by atoms with Gasteiger partial charge in [0.25, 0.3) is 0 Å². The highest BCUT2D eigenvalue weighted by molar-refractivity contribution is 7.48. The number of fused-ring (bicyclic) bond motifs is 1. The Morgan fingerprint density at radius 3 is 1.91 bits per heavy atom. The quantitative estimate of drug-likeness (QED) is 0.256. The van der Waals surface area contributed by atoms with Gasteiger partial charge in [0.05, 0.1) is 13.2 Å². The second-order valence-corrected chi connectivity index (χ2v) is 9.40. The number of hydrogen-bond acceptors (Lipinski definition) is 9. The largest absolute Gasteiger partial charge is 0.530 e. The topological polar surface area (TPSA) is 146 Å². The summed E-state index contributed by atoms with van der Waals surface area (Å²) in [7, 11) is -4.15. The smallest absolute Gasteiger partial charge is 0.508 e. The van der Waals surface area contributed by atoms with Crippen molar-refractivity contribution >= 4 is 19.2 Å². The molecule has 0 spiro atoms. The van der Waals surface area contributed by atoms with Crippen LogP contribution in [-0.2, 0) is 18.1 Å². The molecule has 35 heavy (non-hydrogen) atoms. The van der Waals surface area contributed by atoms with Crippen LogP contribution in [0.5, 0.6) is 28.7 Å². The van der Waals surface area contributed by atoms with Crippen molar-refractivity contribution in [3.8, 4) is 28.7 Å². The third kappa shape index (κ3) is 4.79. The van der Waals surface area contributed by atoms with Gasteiger partial charge in [0.1, 0.15) is 34.5 Å². The SMILES string of the molecule is CCOP(=O)(OCC)OC1=C(c2cc(O)cc(O)c2)C(c2ccc(O)cc2)c2c(O)cc(O)cc21. The number of allylic oxidation sites excluding steroid dienone is 1. The van der Waals surface area contributed by atoms with Crippen molar-refractivity contribution in [3.63, 3.8) is 0 Å². The van der Waals surface area contributed by atoms with Gasteiger partial charge in [-0.25, -0.2) is 4.57 Å². The maximum Gasteiger partial charge on any atom is 0.530 e. The van der Waals surface area contributed by atoms with Crippen molar-refractivity contribution in [2.45, 2.75) is 19.8 Å². The van der Waals surface area contributed by atoms with E-state index in [1.54, 1.807) is 26.0 Å². The Kier molecular flexibility index (Phi) is 6.67. The Labute approximate surface area is 201 Å². The predicted molar refractivity (Wildman–Crippen MR) is 128 cm³/mol. The molecule has 1 atom stereocenters. The van der Waals surface area contributed by atoms with E-state index in [2.05, 4.69) is 0 Å². The van der Waals surface area contributed by atoms with Crippen LogP contribution in [0.3, 0.4) is 0 Å². The van der Waals surface area contributed by atoms with Crippen molar-refractivity contribution in [2.24, 2.45) is 0 Å². The number of phenols is 5. The Balaban J connectivity index is 2.06. The van der Waals surface area contributed by atoms with E-state index in [1.165, 1.54) is 30.3 Å². The third-order valence-electron chi connectivity index (χ3n) is 5.43. The van der Waals surface area contributed by atoms with E-state index in [1.807, 2.05) is 0 Å². The number of aromatic hydroxyl groups is 5. The molecule has 0 radical (unpaired) electrons. The van der Waals surface area contributed by atoms with Gasteiger partial charge in [-0.3, -0.25) is 9.05 Å². The first-order valence-electron chi connectivity index (χ1n) is 10.9. The Morgan fingerprint density at radius 2 is 1.34 bits per heavy atom. The zero-order valence-corrected chi connectivity index (χ0v) is 19.9. The maximum atomic E-state index is 13.4. The lowest BCUT2D eigenvalue weighted by Gasteiger charge is -2.21. The summed E-state index contributed by atoms with van der Waals surface area (Å²) >= 11 is 0. The molecule has 5 N–H and O–H groups in total. The summed E-state index contributed by atoms with van der Waals surface area (Å²) in [4.78, 5) is 0. The summed E-state index contributed by atoms with van der Waals surface area (Å²) in [5.74, 6) is -1.78. The molecule has 0 fully saturated rings. The van der Waals surface area contributed by atoms with Gasteiger partial charge in [-0.1, -0.05) is 12.1 Å². The summed E-state index contributed by atoms with van der Waals surface area (Å²) in [6.45, 7) is 3.28. The average Bonchev–Trinajstić information content (AvgIpc) is 3.08. The van der Waals surface area contributed by atoms with Crippen LogP contribution in [0.2, 0.25) is 0 Å². The van der Waals surface area contributed by atoms with Crippen molar-refractivity contribution in [2.75, 3.05) is 13.2 Å². The van der Waals surface area contributed by atoms with Crippen molar-refractivity contribution in [1.82, 2.24) is 0 Å². The minimum absolute atomic E-state index is 0.0202. The van der Waals surface area contributed by atoms with Gasteiger partial charge in [0, 0.05) is 34.8 Å². The van der Waals surface area contributed by atoms with Crippen molar-refractivity contribution in [1.29, 1.82) is 0 Å². The molecule has 1 aliphatic rings. The fraction of sp³-hybridized carbons (Fsp3) is 0.200.